The number of fused-ring (bicyclic) bond motifs is 1. The molecule has 1 aliphatic heterocycles. The standard InChI is InChI=1S/C30H31N3O4/c1-35-23-12-10-22(11-13-23)32-15-6-16-33(18-17-32)30(34)25-20-27(31-26-8-5-4-7-24(25)26)21-9-14-28(36-2)29(19-21)37-3/h4-5,7-14,19-20H,6,15-18H2,1-3H3. The number of ether oxygens (including phenoxy) is 3. The van der Waals surface area contributed by atoms with Crippen LogP contribution >= 0.6 is 0 Å². The fraction of sp³-hybridized carbons (Fsp3) is 0.267. The quantitative estimate of drug-likeness (QED) is 0.361. The number of rotatable bonds is 6. The number of methoxy groups -OCH3 is 3. The minimum atomic E-state index is 0.0249. The predicted octanol–water partition coefficient (Wildman–Crippen LogP) is 5.28. The maximum atomic E-state index is 13.9. The van der Waals surface area contributed by atoms with E-state index in [0.29, 0.717) is 30.2 Å². The number of benzene rings is 3. The summed E-state index contributed by atoms with van der Waals surface area (Å²) >= 11 is 0. The number of anilines is 1. The summed E-state index contributed by atoms with van der Waals surface area (Å²) in [7, 11) is 4.89. The van der Waals surface area contributed by atoms with Crippen molar-refractivity contribution >= 4 is 22.5 Å². The molecule has 0 atom stereocenters. The highest BCUT2D eigenvalue weighted by Gasteiger charge is 2.23. The molecule has 0 aliphatic carbocycles. The molecule has 2 heterocycles. The van der Waals surface area contributed by atoms with Gasteiger partial charge in [-0.15, -0.1) is 0 Å². The van der Waals surface area contributed by atoms with Crippen molar-refractivity contribution in [3.63, 3.8) is 0 Å². The predicted molar refractivity (Wildman–Crippen MR) is 146 cm³/mol. The molecular weight excluding hydrogens is 466 g/mol. The van der Waals surface area contributed by atoms with Gasteiger partial charge in [0.15, 0.2) is 11.5 Å². The average molecular weight is 498 g/mol. The molecule has 0 radical (unpaired) electrons. The number of aromatic nitrogens is 1. The maximum absolute atomic E-state index is 13.9. The van der Waals surface area contributed by atoms with Gasteiger partial charge in [-0.3, -0.25) is 4.79 Å². The second-order valence-electron chi connectivity index (χ2n) is 8.97. The van der Waals surface area contributed by atoms with E-state index in [-0.39, 0.29) is 5.91 Å². The van der Waals surface area contributed by atoms with Crippen LogP contribution in [0.15, 0.2) is 72.8 Å². The van der Waals surface area contributed by atoms with Gasteiger partial charge in [0.25, 0.3) is 5.91 Å². The van der Waals surface area contributed by atoms with Crippen LogP contribution in [0.3, 0.4) is 0 Å². The van der Waals surface area contributed by atoms with E-state index in [1.54, 1.807) is 21.3 Å². The minimum absolute atomic E-state index is 0.0249. The van der Waals surface area contributed by atoms with Crippen molar-refractivity contribution < 1.29 is 19.0 Å². The molecule has 0 saturated carbocycles. The highest BCUT2D eigenvalue weighted by atomic mass is 16.5. The van der Waals surface area contributed by atoms with E-state index >= 15 is 0 Å². The molecule has 1 aliphatic rings. The van der Waals surface area contributed by atoms with Crippen LogP contribution in [-0.2, 0) is 0 Å². The lowest BCUT2D eigenvalue weighted by Gasteiger charge is -2.24. The fourth-order valence-corrected chi connectivity index (χ4v) is 4.84. The molecule has 0 spiro atoms. The molecule has 0 N–H and O–H groups in total. The van der Waals surface area contributed by atoms with Gasteiger partial charge in [-0.1, -0.05) is 18.2 Å². The molecule has 1 fully saturated rings. The molecule has 1 saturated heterocycles. The van der Waals surface area contributed by atoms with Gasteiger partial charge < -0.3 is 24.0 Å². The summed E-state index contributed by atoms with van der Waals surface area (Å²) in [6.07, 6.45) is 0.892. The van der Waals surface area contributed by atoms with Crippen LogP contribution in [0.25, 0.3) is 22.2 Å². The van der Waals surface area contributed by atoms with Gasteiger partial charge >= 0.3 is 0 Å². The summed E-state index contributed by atoms with van der Waals surface area (Å²) in [6, 6.07) is 23.5. The summed E-state index contributed by atoms with van der Waals surface area (Å²) in [5.41, 5.74) is 4.16. The van der Waals surface area contributed by atoms with Crippen LogP contribution in [0, 0.1) is 0 Å². The Balaban J connectivity index is 1.44. The number of nitrogens with zero attached hydrogens (tertiary/aromatic N) is 3. The van der Waals surface area contributed by atoms with Crippen molar-refractivity contribution in [2.45, 2.75) is 6.42 Å². The summed E-state index contributed by atoms with van der Waals surface area (Å²) in [5, 5.41) is 0.855. The van der Waals surface area contributed by atoms with Crippen LogP contribution < -0.4 is 19.1 Å². The number of hydrogen-bond donors (Lipinski definition) is 0. The molecule has 7 nitrogen and oxygen atoms in total. The van der Waals surface area contributed by atoms with E-state index in [9.17, 15) is 4.79 Å². The third-order valence-corrected chi connectivity index (χ3v) is 6.85. The number of carbonyl (C=O) groups is 1. The molecule has 4 aromatic rings. The summed E-state index contributed by atoms with van der Waals surface area (Å²) < 4.78 is 16.2. The van der Waals surface area contributed by atoms with Crippen LogP contribution in [0.2, 0.25) is 0 Å². The maximum Gasteiger partial charge on any atom is 0.254 e. The number of amides is 1. The lowest BCUT2D eigenvalue weighted by atomic mass is 10.0. The summed E-state index contributed by atoms with van der Waals surface area (Å²) in [6.45, 7) is 3.01. The second-order valence-corrected chi connectivity index (χ2v) is 8.97. The highest BCUT2D eigenvalue weighted by Crippen LogP contribution is 2.33. The lowest BCUT2D eigenvalue weighted by Crippen LogP contribution is -2.35. The van der Waals surface area contributed by atoms with Crippen molar-refractivity contribution in [3.8, 4) is 28.5 Å². The topological polar surface area (TPSA) is 64.1 Å². The molecule has 37 heavy (non-hydrogen) atoms. The zero-order valence-corrected chi connectivity index (χ0v) is 21.4. The number of carbonyl (C=O) groups excluding carboxylic acids is 1. The van der Waals surface area contributed by atoms with Crippen LogP contribution in [0.4, 0.5) is 5.69 Å². The molecule has 1 aromatic heterocycles. The van der Waals surface area contributed by atoms with Gasteiger partial charge in [0.2, 0.25) is 0 Å². The molecule has 7 heteroatoms. The Bertz CT molecular complexity index is 1400. The summed E-state index contributed by atoms with van der Waals surface area (Å²) in [5.74, 6) is 2.13. The molecule has 0 unspecified atom stereocenters. The number of para-hydroxylation sites is 1. The van der Waals surface area contributed by atoms with E-state index in [1.165, 1.54) is 0 Å². The average Bonchev–Trinajstić information content (AvgIpc) is 3.22. The van der Waals surface area contributed by atoms with Gasteiger partial charge in [-0.2, -0.15) is 0 Å². The monoisotopic (exact) mass is 497 g/mol. The fourth-order valence-electron chi connectivity index (χ4n) is 4.84. The zero-order valence-electron chi connectivity index (χ0n) is 21.4. The van der Waals surface area contributed by atoms with Crippen molar-refractivity contribution in [1.82, 2.24) is 9.88 Å². The van der Waals surface area contributed by atoms with Gasteiger partial charge in [0.05, 0.1) is 38.1 Å². The van der Waals surface area contributed by atoms with E-state index in [1.807, 2.05) is 65.6 Å². The van der Waals surface area contributed by atoms with Crippen LogP contribution in [0.5, 0.6) is 17.2 Å². The Kier molecular flexibility index (Phi) is 7.12. The Morgan fingerprint density at radius 1 is 0.784 bits per heavy atom. The Morgan fingerprint density at radius 2 is 1.57 bits per heavy atom. The highest BCUT2D eigenvalue weighted by molar-refractivity contribution is 6.07. The first-order chi connectivity index (χ1) is 18.1. The van der Waals surface area contributed by atoms with Gasteiger partial charge in [0, 0.05) is 42.8 Å². The molecule has 1 amide bonds. The van der Waals surface area contributed by atoms with Gasteiger partial charge in [-0.25, -0.2) is 4.98 Å². The Labute approximate surface area is 217 Å². The van der Waals surface area contributed by atoms with Gasteiger partial charge in [-0.05, 0) is 61.0 Å². The van der Waals surface area contributed by atoms with Crippen molar-refractivity contribution in [2.75, 3.05) is 52.4 Å². The third kappa shape index (κ3) is 5.03. The van der Waals surface area contributed by atoms with E-state index in [4.69, 9.17) is 19.2 Å². The molecule has 5 rings (SSSR count). The Hall–Kier alpha value is -4.26. The Morgan fingerprint density at radius 3 is 2.32 bits per heavy atom. The van der Waals surface area contributed by atoms with Crippen molar-refractivity contribution in [3.05, 3.63) is 78.4 Å². The lowest BCUT2D eigenvalue weighted by molar-refractivity contribution is 0.0769. The first-order valence-corrected chi connectivity index (χ1v) is 12.4. The molecule has 190 valence electrons. The molecular formula is C30H31N3O4. The summed E-state index contributed by atoms with van der Waals surface area (Å²) in [4.78, 5) is 23.1. The largest absolute Gasteiger partial charge is 0.497 e. The van der Waals surface area contributed by atoms with Crippen molar-refractivity contribution in [2.24, 2.45) is 0 Å². The molecule has 3 aromatic carbocycles. The van der Waals surface area contributed by atoms with Crippen LogP contribution in [0.1, 0.15) is 16.8 Å². The third-order valence-electron chi connectivity index (χ3n) is 6.85. The first kappa shape index (κ1) is 24.4. The second kappa shape index (κ2) is 10.8. The number of hydrogen-bond acceptors (Lipinski definition) is 6. The van der Waals surface area contributed by atoms with Crippen molar-refractivity contribution in [1.29, 1.82) is 0 Å². The zero-order chi connectivity index (χ0) is 25.8. The SMILES string of the molecule is COc1ccc(N2CCCN(C(=O)c3cc(-c4ccc(OC)c(OC)c4)nc4ccccc34)CC2)cc1. The van der Waals surface area contributed by atoms with Crippen LogP contribution in [-0.4, -0.2) is 63.3 Å². The molecule has 0 bridgehead atoms. The normalized spacial score (nSPS) is 13.8. The smallest absolute Gasteiger partial charge is 0.254 e. The van der Waals surface area contributed by atoms with E-state index in [2.05, 4.69) is 17.0 Å². The van der Waals surface area contributed by atoms with Gasteiger partial charge in [0.1, 0.15) is 5.75 Å². The number of pyridine rings is 1. The van der Waals surface area contributed by atoms with E-state index in [0.717, 1.165) is 53.1 Å². The van der Waals surface area contributed by atoms with E-state index < -0.39 is 0 Å². The first-order valence-electron chi connectivity index (χ1n) is 12.4. The minimum Gasteiger partial charge on any atom is -0.497 e.